The second kappa shape index (κ2) is 7.50. The molecule has 0 fully saturated rings. The lowest BCUT2D eigenvalue weighted by Crippen LogP contribution is -2.02. The first-order chi connectivity index (χ1) is 8.08. The van der Waals surface area contributed by atoms with Gasteiger partial charge in [-0.25, -0.2) is 0 Å². The lowest BCUT2D eigenvalue weighted by atomic mass is 10.1. The maximum absolute atomic E-state index is 10.4. The van der Waals surface area contributed by atoms with Gasteiger partial charge >= 0.3 is 5.97 Å². The van der Waals surface area contributed by atoms with E-state index in [0.717, 1.165) is 18.1 Å². The summed E-state index contributed by atoms with van der Waals surface area (Å²) in [6.07, 6.45) is 2.29. The van der Waals surface area contributed by atoms with Crippen molar-refractivity contribution in [3.8, 4) is 0 Å². The third kappa shape index (κ3) is 6.48. The number of nitrogens with one attached hydrogen (secondary N) is 1. The molecule has 0 aliphatic rings. The fourth-order valence-electron chi connectivity index (χ4n) is 1.17. The molecule has 1 heterocycles. The van der Waals surface area contributed by atoms with Crippen LogP contribution in [0.2, 0.25) is 0 Å². The first-order valence-electron chi connectivity index (χ1n) is 5.50. The summed E-state index contributed by atoms with van der Waals surface area (Å²) in [4.78, 5) is 10.4. The number of anilines is 1. The van der Waals surface area contributed by atoms with Gasteiger partial charge in [-0.15, -0.1) is 10.2 Å². The van der Waals surface area contributed by atoms with Crippen molar-refractivity contribution in [2.24, 2.45) is 5.92 Å². The number of nitrogens with zero attached hydrogens (tertiary/aromatic N) is 2. The van der Waals surface area contributed by atoms with Gasteiger partial charge in [0, 0.05) is 6.54 Å². The fraction of sp³-hybridized carbons (Fsp3) is 0.700. The zero-order valence-corrected chi connectivity index (χ0v) is 11.6. The van der Waals surface area contributed by atoms with Crippen molar-refractivity contribution in [2.45, 2.75) is 31.0 Å². The van der Waals surface area contributed by atoms with E-state index < -0.39 is 5.97 Å². The highest BCUT2D eigenvalue weighted by molar-refractivity contribution is 8.01. The lowest BCUT2D eigenvalue weighted by Gasteiger charge is -2.04. The van der Waals surface area contributed by atoms with Crippen LogP contribution in [0.3, 0.4) is 0 Å². The van der Waals surface area contributed by atoms with E-state index in [1.165, 1.54) is 29.5 Å². The number of carboxylic acid groups (broad SMARTS) is 1. The van der Waals surface area contributed by atoms with Gasteiger partial charge in [0.15, 0.2) is 4.34 Å². The third-order valence-corrected chi connectivity index (χ3v) is 3.96. The molecule has 0 radical (unpaired) electrons. The van der Waals surface area contributed by atoms with E-state index in [-0.39, 0.29) is 5.75 Å². The number of aliphatic carboxylic acids is 1. The molecule has 1 aromatic rings. The molecule has 0 amide bonds. The van der Waals surface area contributed by atoms with Crippen LogP contribution in [0.15, 0.2) is 4.34 Å². The molecule has 0 saturated heterocycles. The number of hydrogen-bond acceptors (Lipinski definition) is 6. The van der Waals surface area contributed by atoms with E-state index in [9.17, 15) is 4.79 Å². The topological polar surface area (TPSA) is 75.1 Å². The Labute approximate surface area is 109 Å². The van der Waals surface area contributed by atoms with Gasteiger partial charge in [-0.2, -0.15) is 0 Å². The Kier molecular flexibility index (Phi) is 6.28. The van der Waals surface area contributed by atoms with Crippen LogP contribution in [0.5, 0.6) is 0 Å². The van der Waals surface area contributed by atoms with Crippen molar-refractivity contribution in [1.29, 1.82) is 0 Å². The standard InChI is InChI=1S/C10H17N3O2S2/c1-7(2)4-3-5-11-9-12-13-10(17-9)16-6-8(14)15/h7H,3-6H2,1-2H3,(H,11,12)(H,14,15). The van der Waals surface area contributed by atoms with Crippen LogP contribution in [-0.4, -0.2) is 33.6 Å². The highest BCUT2D eigenvalue weighted by atomic mass is 32.2. The molecule has 5 nitrogen and oxygen atoms in total. The Morgan fingerprint density at radius 1 is 1.53 bits per heavy atom. The molecule has 0 aromatic carbocycles. The highest BCUT2D eigenvalue weighted by Gasteiger charge is 2.06. The molecular weight excluding hydrogens is 258 g/mol. The first-order valence-corrected chi connectivity index (χ1v) is 7.30. The van der Waals surface area contributed by atoms with Crippen LogP contribution in [0.25, 0.3) is 0 Å². The first kappa shape index (κ1) is 14.2. The number of carbonyl (C=O) groups is 1. The van der Waals surface area contributed by atoms with Crippen molar-refractivity contribution in [1.82, 2.24) is 10.2 Å². The van der Waals surface area contributed by atoms with Crippen molar-refractivity contribution < 1.29 is 9.90 Å². The predicted octanol–water partition coefficient (Wildman–Crippen LogP) is 2.56. The van der Waals surface area contributed by atoms with Crippen LogP contribution >= 0.6 is 23.1 Å². The number of thioether (sulfide) groups is 1. The molecule has 0 unspecified atom stereocenters. The average molecular weight is 275 g/mol. The molecule has 7 heteroatoms. The molecule has 0 saturated carbocycles. The van der Waals surface area contributed by atoms with Gasteiger partial charge in [0.2, 0.25) is 5.13 Å². The Bertz CT molecular complexity index is 355. The van der Waals surface area contributed by atoms with Gasteiger partial charge in [-0.3, -0.25) is 4.79 Å². The Morgan fingerprint density at radius 2 is 2.29 bits per heavy atom. The van der Waals surface area contributed by atoms with Gasteiger partial charge < -0.3 is 10.4 Å². The minimum atomic E-state index is -0.836. The van der Waals surface area contributed by atoms with Gasteiger partial charge in [0.25, 0.3) is 0 Å². The van der Waals surface area contributed by atoms with E-state index in [4.69, 9.17) is 5.11 Å². The summed E-state index contributed by atoms with van der Waals surface area (Å²) in [6, 6.07) is 0. The fourth-order valence-corrected chi connectivity index (χ4v) is 2.67. The lowest BCUT2D eigenvalue weighted by molar-refractivity contribution is -0.133. The summed E-state index contributed by atoms with van der Waals surface area (Å²) in [5.74, 6) is -0.0910. The minimum Gasteiger partial charge on any atom is -0.481 e. The van der Waals surface area contributed by atoms with Crippen LogP contribution in [0.1, 0.15) is 26.7 Å². The summed E-state index contributed by atoms with van der Waals surface area (Å²) >= 11 is 2.60. The Balaban J connectivity index is 2.23. The second-order valence-electron chi connectivity index (χ2n) is 4.02. The van der Waals surface area contributed by atoms with E-state index in [2.05, 4.69) is 29.4 Å². The molecule has 0 aliphatic carbocycles. The van der Waals surface area contributed by atoms with Gasteiger partial charge in [0.05, 0.1) is 5.75 Å². The van der Waals surface area contributed by atoms with E-state index >= 15 is 0 Å². The number of hydrogen-bond donors (Lipinski definition) is 2. The molecule has 0 spiro atoms. The summed E-state index contributed by atoms with van der Waals surface area (Å²) in [6.45, 7) is 5.29. The molecule has 0 bridgehead atoms. The van der Waals surface area contributed by atoms with E-state index in [0.29, 0.717) is 10.3 Å². The Morgan fingerprint density at radius 3 is 2.94 bits per heavy atom. The van der Waals surface area contributed by atoms with Crippen molar-refractivity contribution >= 4 is 34.2 Å². The van der Waals surface area contributed by atoms with Crippen molar-refractivity contribution in [3.05, 3.63) is 0 Å². The number of carboxylic acids is 1. The van der Waals surface area contributed by atoms with Gasteiger partial charge in [-0.1, -0.05) is 36.9 Å². The summed E-state index contributed by atoms with van der Waals surface area (Å²) in [5, 5.41) is 20.3. The average Bonchev–Trinajstić information content (AvgIpc) is 2.69. The smallest absolute Gasteiger partial charge is 0.313 e. The molecule has 17 heavy (non-hydrogen) atoms. The van der Waals surface area contributed by atoms with Crippen molar-refractivity contribution in [3.63, 3.8) is 0 Å². The quantitative estimate of drug-likeness (QED) is 0.561. The van der Waals surface area contributed by atoms with Crippen LogP contribution in [-0.2, 0) is 4.79 Å². The normalized spacial score (nSPS) is 10.8. The van der Waals surface area contributed by atoms with E-state index in [1.54, 1.807) is 0 Å². The zero-order chi connectivity index (χ0) is 12.7. The van der Waals surface area contributed by atoms with E-state index in [1.807, 2.05) is 0 Å². The molecule has 1 rings (SSSR count). The second-order valence-corrected chi connectivity index (χ2v) is 6.22. The largest absolute Gasteiger partial charge is 0.481 e. The predicted molar refractivity (Wildman–Crippen MR) is 70.8 cm³/mol. The molecular formula is C10H17N3O2S2. The molecule has 2 N–H and O–H groups in total. The maximum atomic E-state index is 10.4. The van der Waals surface area contributed by atoms with Crippen molar-refractivity contribution in [2.75, 3.05) is 17.6 Å². The summed E-state index contributed by atoms with van der Waals surface area (Å²) < 4.78 is 0.693. The Hall–Kier alpha value is -0.820. The van der Waals surface area contributed by atoms with Crippen LogP contribution in [0.4, 0.5) is 5.13 Å². The molecule has 0 aliphatic heterocycles. The van der Waals surface area contributed by atoms with Gasteiger partial charge in [0.1, 0.15) is 0 Å². The summed E-state index contributed by atoms with van der Waals surface area (Å²) in [5.41, 5.74) is 0. The molecule has 1 aromatic heterocycles. The third-order valence-electron chi connectivity index (χ3n) is 1.96. The molecule has 96 valence electrons. The van der Waals surface area contributed by atoms with Gasteiger partial charge in [-0.05, 0) is 18.8 Å². The maximum Gasteiger partial charge on any atom is 0.313 e. The summed E-state index contributed by atoms with van der Waals surface area (Å²) in [7, 11) is 0. The number of rotatable bonds is 8. The highest BCUT2D eigenvalue weighted by Crippen LogP contribution is 2.25. The zero-order valence-electron chi connectivity index (χ0n) is 9.97. The monoisotopic (exact) mass is 275 g/mol. The molecule has 0 atom stereocenters. The van der Waals surface area contributed by atoms with Crippen LogP contribution in [0, 0.1) is 5.92 Å². The number of aromatic nitrogens is 2. The van der Waals surface area contributed by atoms with Crippen LogP contribution < -0.4 is 5.32 Å². The minimum absolute atomic E-state index is 0.0297. The SMILES string of the molecule is CC(C)CCCNc1nnc(SCC(=O)O)s1.